The highest BCUT2D eigenvalue weighted by Crippen LogP contribution is 2.26. The zero-order valence-corrected chi connectivity index (χ0v) is 10.9. The van der Waals surface area contributed by atoms with Crippen molar-refractivity contribution in [3.8, 4) is 0 Å². The molecule has 2 N–H and O–H groups in total. The summed E-state index contributed by atoms with van der Waals surface area (Å²) >= 11 is 0. The number of nitrogens with zero attached hydrogens (tertiary/aromatic N) is 1. The van der Waals surface area contributed by atoms with Gasteiger partial charge in [-0.1, -0.05) is 20.3 Å². The third-order valence-electron chi connectivity index (χ3n) is 3.80. The van der Waals surface area contributed by atoms with Crippen LogP contribution in [0, 0.1) is 5.92 Å². The highest BCUT2D eigenvalue weighted by molar-refractivity contribution is 5.81. The topological polar surface area (TPSA) is 46.3 Å². The van der Waals surface area contributed by atoms with Crippen LogP contribution in [0.1, 0.15) is 52.4 Å². The van der Waals surface area contributed by atoms with E-state index in [4.69, 9.17) is 5.73 Å². The lowest BCUT2D eigenvalue weighted by atomic mass is 9.86. The van der Waals surface area contributed by atoms with Gasteiger partial charge in [-0.05, 0) is 38.0 Å². The Morgan fingerprint density at radius 1 is 1.38 bits per heavy atom. The summed E-state index contributed by atoms with van der Waals surface area (Å²) in [4.78, 5) is 13.9. The van der Waals surface area contributed by atoms with Crippen molar-refractivity contribution in [2.24, 2.45) is 11.7 Å². The Labute approximate surface area is 99.4 Å². The van der Waals surface area contributed by atoms with Crippen molar-refractivity contribution in [2.75, 3.05) is 7.05 Å². The second-order valence-electron chi connectivity index (χ2n) is 5.26. The number of likely N-dealkylation sites (N-methyl/N-ethyl adjacent to an activating group) is 1. The van der Waals surface area contributed by atoms with E-state index < -0.39 is 0 Å². The minimum atomic E-state index is -0.297. The molecule has 1 aliphatic rings. The number of rotatable bonds is 4. The summed E-state index contributed by atoms with van der Waals surface area (Å²) in [6.45, 7) is 4.36. The Hall–Kier alpha value is -0.570. The van der Waals surface area contributed by atoms with E-state index in [2.05, 4.69) is 13.8 Å². The standard InChI is InChI=1S/C13H26N2O/c1-4-5-12(14)13(16)15(3)11-8-6-10(2)7-9-11/h10-12H,4-9,14H2,1-3H3/t10?,11?,12-/m1/s1. The van der Waals surface area contributed by atoms with Crippen molar-refractivity contribution in [1.82, 2.24) is 4.90 Å². The molecule has 0 aromatic carbocycles. The third kappa shape index (κ3) is 3.48. The molecule has 1 amide bonds. The van der Waals surface area contributed by atoms with Crippen LogP contribution in [0.2, 0.25) is 0 Å². The molecule has 16 heavy (non-hydrogen) atoms. The van der Waals surface area contributed by atoms with Gasteiger partial charge in [0.05, 0.1) is 6.04 Å². The first-order valence-corrected chi connectivity index (χ1v) is 6.58. The second kappa shape index (κ2) is 6.24. The molecule has 94 valence electrons. The summed E-state index contributed by atoms with van der Waals surface area (Å²) in [5.41, 5.74) is 5.87. The molecule has 1 rings (SSSR count). The molecule has 1 aliphatic carbocycles. The van der Waals surface area contributed by atoms with Crippen LogP contribution >= 0.6 is 0 Å². The van der Waals surface area contributed by atoms with Gasteiger partial charge in [-0.3, -0.25) is 4.79 Å². The monoisotopic (exact) mass is 226 g/mol. The fourth-order valence-electron chi connectivity index (χ4n) is 2.51. The van der Waals surface area contributed by atoms with Crippen molar-refractivity contribution < 1.29 is 4.79 Å². The highest BCUT2D eigenvalue weighted by Gasteiger charge is 2.27. The van der Waals surface area contributed by atoms with Crippen LogP contribution in [0.15, 0.2) is 0 Å². The molecule has 0 unspecified atom stereocenters. The van der Waals surface area contributed by atoms with E-state index in [1.165, 1.54) is 12.8 Å². The van der Waals surface area contributed by atoms with Crippen molar-refractivity contribution >= 4 is 5.91 Å². The molecular weight excluding hydrogens is 200 g/mol. The summed E-state index contributed by atoms with van der Waals surface area (Å²) in [6.07, 6.45) is 6.54. The van der Waals surface area contributed by atoms with E-state index in [9.17, 15) is 4.79 Å². The van der Waals surface area contributed by atoms with Crippen LogP contribution in [-0.4, -0.2) is 29.9 Å². The SMILES string of the molecule is CCC[C@@H](N)C(=O)N(C)C1CCC(C)CC1. The Morgan fingerprint density at radius 3 is 2.44 bits per heavy atom. The molecule has 0 radical (unpaired) electrons. The van der Waals surface area contributed by atoms with E-state index in [0.29, 0.717) is 6.04 Å². The first kappa shape index (κ1) is 13.5. The van der Waals surface area contributed by atoms with E-state index in [-0.39, 0.29) is 11.9 Å². The van der Waals surface area contributed by atoms with E-state index in [0.717, 1.165) is 31.6 Å². The third-order valence-corrected chi connectivity index (χ3v) is 3.80. The smallest absolute Gasteiger partial charge is 0.239 e. The van der Waals surface area contributed by atoms with E-state index >= 15 is 0 Å². The minimum Gasteiger partial charge on any atom is -0.341 e. The van der Waals surface area contributed by atoms with Gasteiger partial charge in [0.1, 0.15) is 0 Å². The lowest BCUT2D eigenvalue weighted by Crippen LogP contribution is -2.47. The predicted octanol–water partition coefficient (Wildman–Crippen LogP) is 2.15. The van der Waals surface area contributed by atoms with Gasteiger partial charge in [0, 0.05) is 13.1 Å². The summed E-state index contributed by atoms with van der Waals surface area (Å²) in [6, 6.07) is 0.126. The van der Waals surface area contributed by atoms with Crippen molar-refractivity contribution in [1.29, 1.82) is 0 Å². The molecular formula is C13H26N2O. The quantitative estimate of drug-likeness (QED) is 0.798. The van der Waals surface area contributed by atoms with Gasteiger partial charge < -0.3 is 10.6 Å². The lowest BCUT2D eigenvalue weighted by Gasteiger charge is -2.34. The van der Waals surface area contributed by atoms with E-state index in [1.54, 1.807) is 0 Å². The Balaban J connectivity index is 2.44. The average Bonchev–Trinajstić information content (AvgIpc) is 2.28. The fourth-order valence-corrected chi connectivity index (χ4v) is 2.51. The molecule has 0 heterocycles. The molecule has 0 aromatic heterocycles. The fraction of sp³-hybridized carbons (Fsp3) is 0.923. The Bertz CT molecular complexity index is 222. The molecule has 1 atom stereocenters. The number of amides is 1. The van der Waals surface area contributed by atoms with Crippen LogP contribution in [0.25, 0.3) is 0 Å². The van der Waals surface area contributed by atoms with Crippen molar-refractivity contribution in [3.05, 3.63) is 0 Å². The molecule has 1 fully saturated rings. The summed E-state index contributed by atoms with van der Waals surface area (Å²) in [7, 11) is 1.92. The normalized spacial score (nSPS) is 27.5. The summed E-state index contributed by atoms with van der Waals surface area (Å²) in [5.74, 6) is 0.950. The minimum absolute atomic E-state index is 0.126. The molecule has 0 aromatic rings. The van der Waals surface area contributed by atoms with Gasteiger partial charge in [-0.2, -0.15) is 0 Å². The number of hydrogen-bond donors (Lipinski definition) is 1. The van der Waals surface area contributed by atoms with Gasteiger partial charge in [0.2, 0.25) is 5.91 Å². The molecule has 3 nitrogen and oxygen atoms in total. The molecule has 0 saturated heterocycles. The maximum Gasteiger partial charge on any atom is 0.239 e. The van der Waals surface area contributed by atoms with E-state index in [1.807, 2.05) is 11.9 Å². The predicted molar refractivity (Wildman–Crippen MR) is 67.1 cm³/mol. The van der Waals surface area contributed by atoms with Crippen LogP contribution in [0.5, 0.6) is 0 Å². The zero-order chi connectivity index (χ0) is 12.1. The van der Waals surface area contributed by atoms with Gasteiger partial charge in [0.25, 0.3) is 0 Å². The molecule has 3 heteroatoms. The Kier molecular flexibility index (Phi) is 5.26. The first-order chi connectivity index (χ1) is 7.56. The lowest BCUT2D eigenvalue weighted by molar-refractivity contribution is -0.134. The molecule has 0 spiro atoms. The zero-order valence-electron chi connectivity index (χ0n) is 10.9. The summed E-state index contributed by atoms with van der Waals surface area (Å²) in [5, 5.41) is 0. The van der Waals surface area contributed by atoms with Gasteiger partial charge >= 0.3 is 0 Å². The Morgan fingerprint density at radius 2 is 1.94 bits per heavy atom. The maximum atomic E-state index is 12.0. The van der Waals surface area contributed by atoms with Crippen LogP contribution in [-0.2, 0) is 4.79 Å². The molecule has 0 aliphatic heterocycles. The van der Waals surface area contributed by atoms with Crippen LogP contribution < -0.4 is 5.73 Å². The number of nitrogens with two attached hydrogens (primary N) is 1. The van der Waals surface area contributed by atoms with Crippen LogP contribution in [0.3, 0.4) is 0 Å². The van der Waals surface area contributed by atoms with Gasteiger partial charge in [-0.25, -0.2) is 0 Å². The molecule has 0 bridgehead atoms. The maximum absolute atomic E-state index is 12.0. The number of carbonyl (C=O) groups excluding carboxylic acids is 1. The van der Waals surface area contributed by atoms with Crippen LogP contribution in [0.4, 0.5) is 0 Å². The summed E-state index contributed by atoms with van der Waals surface area (Å²) < 4.78 is 0. The highest BCUT2D eigenvalue weighted by atomic mass is 16.2. The number of carbonyl (C=O) groups is 1. The molecule has 1 saturated carbocycles. The average molecular weight is 226 g/mol. The second-order valence-corrected chi connectivity index (χ2v) is 5.26. The largest absolute Gasteiger partial charge is 0.341 e. The van der Waals surface area contributed by atoms with Gasteiger partial charge in [-0.15, -0.1) is 0 Å². The van der Waals surface area contributed by atoms with Crippen molar-refractivity contribution in [2.45, 2.75) is 64.5 Å². The van der Waals surface area contributed by atoms with Crippen molar-refractivity contribution in [3.63, 3.8) is 0 Å². The van der Waals surface area contributed by atoms with Gasteiger partial charge in [0.15, 0.2) is 0 Å². The first-order valence-electron chi connectivity index (χ1n) is 6.58. The number of hydrogen-bond acceptors (Lipinski definition) is 2.